The number of nitrogens with zero attached hydrogens (tertiary/aromatic N) is 4. The number of azo groups is 1. The van der Waals surface area contributed by atoms with Crippen LogP contribution in [0.5, 0.6) is 0 Å². The number of nitrogens with two attached hydrogens (primary N) is 1. The van der Waals surface area contributed by atoms with Crippen molar-refractivity contribution in [2.75, 3.05) is 5.73 Å². The van der Waals surface area contributed by atoms with Gasteiger partial charge >= 0.3 is 5.97 Å². The molecule has 2 heterocycles. The highest BCUT2D eigenvalue weighted by Crippen LogP contribution is 2.27. The maximum Gasteiger partial charge on any atom is 0.337 e. The van der Waals surface area contributed by atoms with Crippen LogP contribution in [-0.4, -0.2) is 25.4 Å². The van der Waals surface area contributed by atoms with Gasteiger partial charge in [-0.25, -0.2) is 9.78 Å². The Labute approximate surface area is 151 Å². The molecule has 0 amide bonds. The number of rotatable bonds is 3. The molecule has 0 saturated carbocycles. The molecule has 27 heavy (non-hydrogen) atoms. The number of aromatic carboxylic acids is 1. The van der Waals surface area contributed by atoms with Crippen LogP contribution in [0, 0.1) is 6.92 Å². The van der Waals surface area contributed by atoms with Gasteiger partial charge in [0.15, 0.2) is 5.69 Å². The highest BCUT2D eigenvalue weighted by atomic mass is 16.4. The van der Waals surface area contributed by atoms with Gasteiger partial charge in [0.05, 0.1) is 16.6 Å². The Kier molecular flexibility index (Phi) is 3.69. The molecule has 4 rings (SSSR count). The third-order valence-corrected chi connectivity index (χ3v) is 4.12. The smallest absolute Gasteiger partial charge is 0.337 e. The van der Waals surface area contributed by atoms with Crippen LogP contribution in [0.25, 0.3) is 16.8 Å². The quantitative estimate of drug-likeness (QED) is 0.480. The Morgan fingerprint density at radius 1 is 1.22 bits per heavy atom. The number of nitrogen functional groups attached to an aromatic ring is 1. The van der Waals surface area contributed by atoms with Crippen molar-refractivity contribution in [3.8, 4) is 0 Å². The van der Waals surface area contributed by atoms with E-state index >= 15 is 0 Å². The first kappa shape index (κ1) is 16.5. The van der Waals surface area contributed by atoms with E-state index in [2.05, 4.69) is 20.2 Å². The number of imidazole rings is 1. The lowest BCUT2D eigenvalue weighted by Crippen LogP contribution is -2.12. The maximum atomic E-state index is 12.4. The Hall–Kier alpha value is -4.01. The predicted molar refractivity (Wildman–Crippen MR) is 100 cm³/mol. The predicted octanol–water partition coefficient (Wildman–Crippen LogP) is 3.18. The van der Waals surface area contributed by atoms with E-state index in [9.17, 15) is 14.7 Å². The summed E-state index contributed by atoms with van der Waals surface area (Å²) in [7, 11) is 0. The van der Waals surface area contributed by atoms with Crippen molar-refractivity contribution in [3.63, 3.8) is 0 Å². The highest BCUT2D eigenvalue weighted by molar-refractivity contribution is 5.93. The molecule has 4 aromatic rings. The number of carboxylic acids is 1. The van der Waals surface area contributed by atoms with Crippen molar-refractivity contribution in [2.45, 2.75) is 6.92 Å². The molecule has 9 heteroatoms. The third-order valence-electron chi connectivity index (χ3n) is 4.12. The minimum atomic E-state index is -1.13. The minimum Gasteiger partial charge on any atom is -0.478 e. The number of aromatic nitrogens is 3. The number of H-pyrrole nitrogens is 1. The van der Waals surface area contributed by atoms with Crippen molar-refractivity contribution in [1.82, 2.24) is 14.4 Å². The zero-order valence-electron chi connectivity index (χ0n) is 14.2. The monoisotopic (exact) mass is 362 g/mol. The topological polar surface area (TPSA) is 138 Å². The van der Waals surface area contributed by atoms with Crippen LogP contribution < -0.4 is 11.3 Å². The highest BCUT2D eigenvalue weighted by Gasteiger charge is 2.15. The molecule has 0 aliphatic rings. The summed E-state index contributed by atoms with van der Waals surface area (Å²) in [5.41, 5.74) is 7.72. The average molecular weight is 362 g/mol. The number of aryl methyl sites for hydroxylation is 1. The summed E-state index contributed by atoms with van der Waals surface area (Å²) >= 11 is 0. The van der Waals surface area contributed by atoms with Crippen LogP contribution in [0.1, 0.15) is 15.9 Å². The summed E-state index contributed by atoms with van der Waals surface area (Å²) in [6.07, 6.45) is 0. The van der Waals surface area contributed by atoms with Gasteiger partial charge in [0.25, 0.3) is 5.56 Å². The summed E-state index contributed by atoms with van der Waals surface area (Å²) in [5, 5.41) is 17.2. The summed E-state index contributed by atoms with van der Waals surface area (Å²) < 4.78 is 1.57. The van der Waals surface area contributed by atoms with Crippen molar-refractivity contribution in [1.29, 1.82) is 0 Å². The Morgan fingerprint density at radius 3 is 2.78 bits per heavy atom. The van der Waals surface area contributed by atoms with Crippen LogP contribution in [0.15, 0.2) is 57.5 Å². The van der Waals surface area contributed by atoms with Crippen molar-refractivity contribution in [2.24, 2.45) is 10.2 Å². The number of carbonyl (C=O) groups is 1. The van der Waals surface area contributed by atoms with Crippen LogP contribution in [-0.2, 0) is 0 Å². The Morgan fingerprint density at radius 2 is 2.00 bits per heavy atom. The van der Waals surface area contributed by atoms with Crippen molar-refractivity contribution >= 4 is 40.0 Å². The van der Waals surface area contributed by atoms with Crippen LogP contribution in [0.3, 0.4) is 0 Å². The van der Waals surface area contributed by atoms with E-state index in [4.69, 9.17) is 5.73 Å². The number of benzene rings is 2. The molecule has 0 unspecified atom stereocenters. The molecule has 2 aromatic heterocycles. The van der Waals surface area contributed by atoms with E-state index in [-0.39, 0.29) is 22.8 Å². The van der Waals surface area contributed by atoms with Gasteiger partial charge in [-0.1, -0.05) is 23.8 Å². The van der Waals surface area contributed by atoms with Crippen LogP contribution in [0.4, 0.5) is 17.2 Å². The zero-order chi connectivity index (χ0) is 19.1. The molecule has 0 spiro atoms. The molecule has 134 valence electrons. The first-order valence-corrected chi connectivity index (χ1v) is 8.00. The van der Waals surface area contributed by atoms with E-state index in [1.807, 2.05) is 18.2 Å². The molecule has 9 nitrogen and oxygen atoms in total. The number of carboxylic acid groups (broad SMARTS) is 1. The molecule has 0 atom stereocenters. The molecular weight excluding hydrogens is 348 g/mol. The number of fused-ring (bicyclic) bond motifs is 3. The number of nitrogens with one attached hydrogen (secondary N) is 1. The molecule has 0 radical (unpaired) electrons. The molecule has 0 fully saturated rings. The first-order chi connectivity index (χ1) is 13.0. The summed E-state index contributed by atoms with van der Waals surface area (Å²) in [6, 6.07) is 12.0. The lowest BCUT2D eigenvalue weighted by atomic mass is 10.1. The molecule has 0 aliphatic heterocycles. The fraction of sp³-hybridized carbons (Fsp3) is 0.0556. The largest absolute Gasteiger partial charge is 0.478 e. The third kappa shape index (κ3) is 2.71. The number of hydrogen-bond donors (Lipinski definition) is 3. The molecule has 0 bridgehead atoms. The van der Waals surface area contributed by atoms with Gasteiger partial charge in [-0.2, -0.15) is 0 Å². The number of anilines is 1. The summed E-state index contributed by atoms with van der Waals surface area (Å²) in [6.45, 7) is 1.77. The number of hydrogen-bond acceptors (Lipinski definition) is 6. The van der Waals surface area contributed by atoms with E-state index in [0.717, 1.165) is 5.56 Å². The molecular formula is C18H14N6O3. The van der Waals surface area contributed by atoms with Gasteiger partial charge in [-0.3, -0.25) is 14.2 Å². The summed E-state index contributed by atoms with van der Waals surface area (Å²) in [4.78, 5) is 30.7. The van der Waals surface area contributed by atoms with Crippen LogP contribution >= 0.6 is 0 Å². The summed E-state index contributed by atoms with van der Waals surface area (Å²) in [5.74, 6) is -0.778. The van der Waals surface area contributed by atoms with Gasteiger partial charge in [-0.05, 0) is 31.2 Å². The minimum absolute atomic E-state index is 0.0112. The average Bonchev–Trinajstić information content (AvgIpc) is 3.00. The molecule has 0 saturated heterocycles. The Bertz CT molecular complexity index is 1300. The van der Waals surface area contributed by atoms with Gasteiger partial charge in [0.1, 0.15) is 11.5 Å². The Balaban J connectivity index is 1.90. The fourth-order valence-corrected chi connectivity index (χ4v) is 2.85. The second-order valence-electron chi connectivity index (χ2n) is 5.97. The van der Waals surface area contributed by atoms with Crippen molar-refractivity contribution < 1.29 is 9.90 Å². The van der Waals surface area contributed by atoms with E-state index < -0.39 is 11.5 Å². The molecule has 0 aliphatic carbocycles. The maximum absolute atomic E-state index is 12.4. The second kappa shape index (κ2) is 6.06. The van der Waals surface area contributed by atoms with E-state index in [0.29, 0.717) is 16.8 Å². The second-order valence-corrected chi connectivity index (χ2v) is 5.97. The SMILES string of the molecule is Cc1ccc(N=Nc2c(N)n3c(nc4ccccc43)[nH]c2=O)c(C(=O)O)c1. The standard InChI is InChI=1S/C18H14N6O3/c1-9-6-7-11(10(8-9)17(26)27)22-23-14-15(19)24-13-5-3-2-4-12(13)20-18(24)21-16(14)25/h2-8H,19H2,1H3,(H,26,27)(H,20,21,25). The molecule has 4 N–H and O–H groups in total. The number of aromatic amines is 1. The van der Waals surface area contributed by atoms with E-state index in [1.165, 1.54) is 12.1 Å². The van der Waals surface area contributed by atoms with E-state index in [1.54, 1.807) is 23.5 Å². The van der Waals surface area contributed by atoms with Crippen LogP contribution in [0.2, 0.25) is 0 Å². The van der Waals surface area contributed by atoms with Gasteiger partial charge in [0.2, 0.25) is 5.78 Å². The normalized spacial score (nSPS) is 11.6. The van der Waals surface area contributed by atoms with Gasteiger partial charge in [0, 0.05) is 0 Å². The van der Waals surface area contributed by atoms with Crippen molar-refractivity contribution in [3.05, 3.63) is 63.9 Å². The fourth-order valence-electron chi connectivity index (χ4n) is 2.85. The first-order valence-electron chi connectivity index (χ1n) is 8.00. The zero-order valence-corrected chi connectivity index (χ0v) is 14.2. The molecule has 2 aromatic carbocycles. The number of para-hydroxylation sites is 2. The lowest BCUT2D eigenvalue weighted by Gasteiger charge is -2.04. The van der Waals surface area contributed by atoms with Gasteiger partial charge < -0.3 is 10.8 Å². The van der Waals surface area contributed by atoms with Gasteiger partial charge in [-0.15, -0.1) is 10.2 Å². The lowest BCUT2D eigenvalue weighted by molar-refractivity contribution is 0.0697.